The molecule has 18 heavy (non-hydrogen) atoms. The Morgan fingerprint density at radius 2 is 2.06 bits per heavy atom. The van der Waals surface area contributed by atoms with E-state index in [0.717, 1.165) is 0 Å². The third-order valence-corrected chi connectivity index (χ3v) is 2.75. The van der Waals surface area contributed by atoms with E-state index in [-0.39, 0.29) is 17.9 Å². The standard InChI is InChI=1S/C12H11NO5/c14-10-7-18-12(15)11(10)9(6-13(16)17)8-4-2-1-3-5-8/h1-5,9,14H,6-7H2/t9-/m1/s1. The van der Waals surface area contributed by atoms with Crippen LogP contribution in [0.2, 0.25) is 0 Å². The molecule has 94 valence electrons. The molecule has 0 aliphatic carbocycles. The Balaban J connectivity index is 2.41. The van der Waals surface area contributed by atoms with Crippen LogP contribution in [0.3, 0.4) is 0 Å². The van der Waals surface area contributed by atoms with Gasteiger partial charge in [-0.3, -0.25) is 10.1 Å². The Morgan fingerprint density at radius 1 is 1.39 bits per heavy atom. The highest BCUT2D eigenvalue weighted by molar-refractivity contribution is 5.93. The number of hydrogen-bond donors (Lipinski definition) is 1. The first kappa shape index (κ1) is 12.1. The summed E-state index contributed by atoms with van der Waals surface area (Å²) < 4.78 is 4.68. The largest absolute Gasteiger partial charge is 0.508 e. The first-order chi connectivity index (χ1) is 8.59. The predicted molar refractivity (Wildman–Crippen MR) is 61.7 cm³/mol. The summed E-state index contributed by atoms with van der Waals surface area (Å²) >= 11 is 0. The molecule has 0 radical (unpaired) electrons. The number of rotatable bonds is 4. The fourth-order valence-corrected chi connectivity index (χ4v) is 1.95. The Labute approximate surface area is 103 Å². The molecule has 0 saturated heterocycles. The second-order valence-corrected chi connectivity index (χ2v) is 3.92. The van der Waals surface area contributed by atoms with Crippen molar-refractivity contribution in [2.75, 3.05) is 13.2 Å². The molecule has 1 aliphatic heterocycles. The average Bonchev–Trinajstić information content (AvgIpc) is 2.67. The van der Waals surface area contributed by atoms with Crippen molar-refractivity contribution in [1.82, 2.24) is 0 Å². The van der Waals surface area contributed by atoms with Crippen molar-refractivity contribution in [1.29, 1.82) is 0 Å². The van der Waals surface area contributed by atoms with Crippen LogP contribution in [0, 0.1) is 10.1 Å². The van der Waals surface area contributed by atoms with E-state index in [0.29, 0.717) is 5.56 Å². The number of benzene rings is 1. The van der Waals surface area contributed by atoms with E-state index in [4.69, 9.17) is 0 Å². The van der Waals surface area contributed by atoms with Crippen LogP contribution in [-0.2, 0) is 9.53 Å². The Kier molecular flexibility index (Phi) is 3.27. The summed E-state index contributed by atoms with van der Waals surface area (Å²) in [4.78, 5) is 21.7. The van der Waals surface area contributed by atoms with Gasteiger partial charge in [0.15, 0.2) is 0 Å². The lowest BCUT2D eigenvalue weighted by atomic mass is 9.91. The van der Waals surface area contributed by atoms with Crippen LogP contribution in [0.4, 0.5) is 0 Å². The molecule has 0 spiro atoms. The lowest BCUT2D eigenvalue weighted by molar-refractivity contribution is -0.481. The van der Waals surface area contributed by atoms with E-state index in [9.17, 15) is 20.0 Å². The highest BCUT2D eigenvalue weighted by Gasteiger charge is 2.35. The topological polar surface area (TPSA) is 89.7 Å². The number of nitrogens with zero attached hydrogens (tertiary/aromatic N) is 1. The molecule has 1 N–H and O–H groups in total. The Hall–Kier alpha value is -2.37. The van der Waals surface area contributed by atoms with Gasteiger partial charge in [0.25, 0.3) is 0 Å². The van der Waals surface area contributed by atoms with Crippen molar-refractivity contribution >= 4 is 5.97 Å². The van der Waals surface area contributed by atoms with Gasteiger partial charge in [0.05, 0.1) is 11.5 Å². The lowest BCUT2D eigenvalue weighted by Gasteiger charge is -2.12. The van der Waals surface area contributed by atoms with Gasteiger partial charge in [-0.2, -0.15) is 0 Å². The number of nitro groups is 1. The van der Waals surface area contributed by atoms with Crippen LogP contribution in [0.1, 0.15) is 11.5 Å². The molecule has 0 bridgehead atoms. The maximum Gasteiger partial charge on any atom is 0.338 e. The zero-order valence-electron chi connectivity index (χ0n) is 9.41. The highest BCUT2D eigenvalue weighted by Crippen LogP contribution is 2.30. The fourth-order valence-electron chi connectivity index (χ4n) is 1.95. The van der Waals surface area contributed by atoms with E-state index >= 15 is 0 Å². The number of hydrogen-bond acceptors (Lipinski definition) is 5. The molecule has 2 rings (SSSR count). The smallest absolute Gasteiger partial charge is 0.338 e. The van der Waals surface area contributed by atoms with Crippen molar-refractivity contribution < 1.29 is 19.6 Å². The minimum absolute atomic E-state index is 0.0158. The van der Waals surface area contributed by atoms with Crippen molar-refractivity contribution in [3.63, 3.8) is 0 Å². The van der Waals surface area contributed by atoms with Gasteiger partial charge >= 0.3 is 5.97 Å². The van der Waals surface area contributed by atoms with Crippen LogP contribution in [0.15, 0.2) is 41.7 Å². The van der Waals surface area contributed by atoms with Gasteiger partial charge < -0.3 is 9.84 Å². The van der Waals surface area contributed by atoms with Crippen LogP contribution < -0.4 is 0 Å². The number of cyclic esters (lactones) is 1. The second-order valence-electron chi connectivity index (χ2n) is 3.92. The SMILES string of the molecule is O=C1OCC(O)=C1[C@H](C[N+](=O)[O-])c1ccccc1. The maximum absolute atomic E-state index is 11.5. The Morgan fingerprint density at radius 3 is 2.56 bits per heavy atom. The third kappa shape index (κ3) is 2.32. The number of ether oxygens (including phenoxy) is 1. The molecule has 1 atom stereocenters. The number of carbonyl (C=O) groups excluding carboxylic acids is 1. The summed E-state index contributed by atoms with van der Waals surface area (Å²) in [5.41, 5.74) is 0.590. The number of aliphatic hydroxyl groups is 1. The normalized spacial score (nSPS) is 16.6. The Bertz CT molecular complexity index is 508. The zero-order valence-corrected chi connectivity index (χ0v) is 9.41. The van der Waals surface area contributed by atoms with Crippen LogP contribution in [-0.4, -0.2) is 29.2 Å². The quantitative estimate of drug-likeness (QED) is 0.495. The lowest BCUT2D eigenvalue weighted by Crippen LogP contribution is -2.19. The number of carbonyl (C=O) groups is 1. The predicted octanol–water partition coefficient (Wildman–Crippen LogP) is 1.42. The molecule has 6 heteroatoms. The first-order valence-corrected chi connectivity index (χ1v) is 5.35. The van der Waals surface area contributed by atoms with Gasteiger partial charge in [-0.25, -0.2) is 4.79 Å². The fraction of sp³-hybridized carbons (Fsp3) is 0.250. The van der Waals surface area contributed by atoms with Crippen LogP contribution in [0.5, 0.6) is 0 Å². The molecule has 0 unspecified atom stereocenters. The molecular weight excluding hydrogens is 238 g/mol. The molecule has 1 aliphatic rings. The molecule has 0 aromatic heterocycles. The summed E-state index contributed by atoms with van der Waals surface area (Å²) in [5.74, 6) is -1.70. The monoisotopic (exact) mass is 249 g/mol. The van der Waals surface area contributed by atoms with Gasteiger partial charge in [-0.1, -0.05) is 30.3 Å². The summed E-state index contributed by atoms with van der Waals surface area (Å²) in [7, 11) is 0. The third-order valence-electron chi connectivity index (χ3n) is 2.75. The van der Waals surface area contributed by atoms with Gasteiger partial charge in [-0.15, -0.1) is 0 Å². The van der Waals surface area contributed by atoms with Gasteiger partial charge in [0.1, 0.15) is 12.4 Å². The van der Waals surface area contributed by atoms with E-state index in [1.165, 1.54) is 0 Å². The molecule has 0 amide bonds. The summed E-state index contributed by atoms with van der Waals surface area (Å²) in [6.07, 6.45) is 0. The van der Waals surface area contributed by atoms with Gasteiger partial charge in [0, 0.05) is 4.92 Å². The van der Waals surface area contributed by atoms with E-state index in [1.807, 2.05) is 0 Å². The highest BCUT2D eigenvalue weighted by atomic mass is 16.6. The zero-order chi connectivity index (χ0) is 13.1. The summed E-state index contributed by atoms with van der Waals surface area (Å²) in [5, 5.41) is 20.3. The molecule has 1 aromatic carbocycles. The van der Waals surface area contributed by atoms with E-state index in [2.05, 4.69) is 4.74 Å². The molecule has 0 saturated carbocycles. The second kappa shape index (κ2) is 4.87. The number of aliphatic hydroxyl groups excluding tert-OH is 1. The average molecular weight is 249 g/mol. The first-order valence-electron chi connectivity index (χ1n) is 5.35. The van der Waals surface area contributed by atoms with Crippen LogP contribution in [0.25, 0.3) is 0 Å². The molecule has 6 nitrogen and oxygen atoms in total. The van der Waals surface area contributed by atoms with Gasteiger partial charge in [0.2, 0.25) is 6.54 Å². The molecule has 1 aromatic rings. The van der Waals surface area contributed by atoms with Crippen LogP contribution >= 0.6 is 0 Å². The van der Waals surface area contributed by atoms with Crippen molar-refractivity contribution in [2.45, 2.75) is 5.92 Å². The molecular formula is C12H11NO5. The van der Waals surface area contributed by atoms with Crippen molar-refractivity contribution in [3.8, 4) is 0 Å². The minimum atomic E-state index is -0.781. The van der Waals surface area contributed by atoms with Gasteiger partial charge in [-0.05, 0) is 5.56 Å². The molecule has 0 fully saturated rings. The van der Waals surface area contributed by atoms with Crippen molar-refractivity contribution in [3.05, 3.63) is 57.3 Å². The van der Waals surface area contributed by atoms with Crippen molar-refractivity contribution in [2.24, 2.45) is 0 Å². The minimum Gasteiger partial charge on any atom is -0.508 e. The summed E-state index contributed by atoms with van der Waals surface area (Å²) in [6, 6.07) is 8.58. The number of esters is 1. The molecule has 1 heterocycles. The summed E-state index contributed by atoms with van der Waals surface area (Å²) in [6.45, 7) is -0.673. The van der Waals surface area contributed by atoms with E-state index < -0.39 is 23.4 Å². The van der Waals surface area contributed by atoms with E-state index in [1.54, 1.807) is 30.3 Å². The maximum atomic E-state index is 11.5.